The lowest BCUT2D eigenvalue weighted by Crippen LogP contribution is -2.29. The standard InChI is InChI=1S/C25H33N5/c1-7-17(4)19-11-12-21-20(13-19)9-8-10-22(21)28-18(5)23-14-24(16(2)3)30(6)25(29-23)27-15-26/h11-14,22,28H,2,4-5,7-10,15,26H2,1,3,6H3/b27-25-/t22-/m0/s1. The summed E-state index contributed by atoms with van der Waals surface area (Å²) in [6, 6.07) is 8.94. The zero-order chi connectivity index (χ0) is 21.8. The number of hydrogen-bond donors (Lipinski definition) is 2. The number of nitrogens with zero attached hydrogens (tertiary/aromatic N) is 3. The Kier molecular flexibility index (Phi) is 6.73. The van der Waals surface area contributed by atoms with Crippen molar-refractivity contribution in [3.05, 3.63) is 77.7 Å². The lowest BCUT2D eigenvalue weighted by atomic mass is 9.85. The van der Waals surface area contributed by atoms with Gasteiger partial charge >= 0.3 is 0 Å². The molecule has 1 heterocycles. The number of nitrogens with one attached hydrogen (secondary N) is 1. The van der Waals surface area contributed by atoms with Gasteiger partial charge in [0, 0.05) is 12.7 Å². The highest BCUT2D eigenvalue weighted by molar-refractivity contribution is 5.66. The third-order valence-electron chi connectivity index (χ3n) is 5.78. The Morgan fingerprint density at radius 1 is 1.30 bits per heavy atom. The molecule has 0 unspecified atom stereocenters. The van der Waals surface area contributed by atoms with Gasteiger partial charge in [-0.25, -0.2) is 9.98 Å². The van der Waals surface area contributed by atoms with E-state index < -0.39 is 0 Å². The van der Waals surface area contributed by atoms with Crippen molar-refractivity contribution in [1.29, 1.82) is 0 Å². The fourth-order valence-corrected chi connectivity index (χ4v) is 4.01. The quantitative estimate of drug-likeness (QED) is 0.723. The molecule has 3 rings (SSSR count). The molecule has 2 aromatic rings. The highest BCUT2D eigenvalue weighted by atomic mass is 15.1. The Bertz CT molecular complexity index is 1060. The fraction of sp³-hybridized carbons (Fsp3) is 0.360. The Hall–Kier alpha value is -2.92. The summed E-state index contributed by atoms with van der Waals surface area (Å²) in [6.45, 7) is 16.9. The van der Waals surface area contributed by atoms with Gasteiger partial charge in [0.2, 0.25) is 5.62 Å². The van der Waals surface area contributed by atoms with Crippen LogP contribution in [0, 0.1) is 0 Å². The lowest BCUT2D eigenvalue weighted by Gasteiger charge is -2.28. The van der Waals surface area contributed by atoms with Gasteiger partial charge in [0.15, 0.2) is 0 Å². The van der Waals surface area contributed by atoms with Gasteiger partial charge < -0.3 is 15.6 Å². The lowest BCUT2D eigenvalue weighted by molar-refractivity contribution is 0.519. The zero-order valence-electron chi connectivity index (χ0n) is 18.5. The molecule has 0 radical (unpaired) electrons. The van der Waals surface area contributed by atoms with Gasteiger partial charge in [-0.05, 0) is 66.5 Å². The topological polar surface area (TPSA) is 68.2 Å². The van der Waals surface area contributed by atoms with Crippen LogP contribution in [0.15, 0.2) is 49.0 Å². The summed E-state index contributed by atoms with van der Waals surface area (Å²) >= 11 is 0. The Labute approximate surface area is 179 Å². The van der Waals surface area contributed by atoms with Crippen LogP contribution in [0.1, 0.15) is 67.2 Å². The van der Waals surface area contributed by atoms with E-state index in [1.54, 1.807) is 0 Å². The van der Waals surface area contributed by atoms with Crippen LogP contribution in [0.2, 0.25) is 0 Å². The number of aryl methyl sites for hydroxylation is 1. The van der Waals surface area contributed by atoms with Gasteiger partial charge in [-0.2, -0.15) is 0 Å². The van der Waals surface area contributed by atoms with Gasteiger partial charge in [0.1, 0.15) is 0 Å². The minimum Gasteiger partial charge on any atom is -0.377 e. The van der Waals surface area contributed by atoms with E-state index in [1.165, 1.54) is 22.3 Å². The predicted octanol–water partition coefficient (Wildman–Crippen LogP) is 4.33. The van der Waals surface area contributed by atoms with Gasteiger partial charge in [0.05, 0.1) is 24.1 Å². The Balaban J connectivity index is 1.92. The van der Waals surface area contributed by atoms with E-state index >= 15 is 0 Å². The van der Waals surface area contributed by atoms with Crippen molar-refractivity contribution in [1.82, 2.24) is 14.9 Å². The minimum atomic E-state index is 0.182. The van der Waals surface area contributed by atoms with Crippen LogP contribution in [0.5, 0.6) is 0 Å². The van der Waals surface area contributed by atoms with Crippen molar-refractivity contribution < 1.29 is 0 Å². The maximum atomic E-state index is 5.64. The molecule has 5 heteroatoms. The van der Waals surface area contributed by atoms with Crippen LogP contribution >= 0.6 is 0 Å². The molecular formula is C25H33N5. The van der Waals surface area contributed by atoms with E-state index in [1.807, 2.05) is 24.6 Å². The maximum Gasteiger partial charge on any atom is 0.226 e. The molecule has 1 aromatic carbocycles. The second kappa shape index (κ2) is 9.26. The predicted molar refractivity (Wildman–Crippen MR) is 126 cm³/mol. The van der Waals surface area contributed by atoms with E-state index in [9.17, 15) is 0 Å². The Morgan fingerprint density at radius 2 is 2.07 bits per heavy atom. The molecule has 0 fully saturated rings. The first-order valence-corrected chi connectivity index (χ1v) is 10.6. The summed E-state index contributed by atoms with van der Waals surface area (Å²) in [5.74, 6) is 0. The molecule has 0 spiro atoms. The first kappa shape index (κ1) is 21.8. The number of rotatable bonds is 7. The first-order valence-electron chi connectivity index (χ1n) is 10.6. The Morgan fingerprint density at radius 3 is 2.73 bits per heavy atom. The van der Waals surface area contributed by atoms with Gasteiger partial charge in [-0.3, -0.25) is 0 Å². The number of nitrogens with two attached hydrogens (primary N) is 1. The summed E-state index contributed by atoms with van der Waals surface area (Å²) in [5.41, 5.74) is 14.8. The fourth-order valence-electron chi connectivity index (χ4n) is 4.01. The van der Waals surface area contributed by atoms with Crippen LogP contribution < -0.4 is 16.7 Å². The highest BCUT2D eigenvalue weighted by Gasteiger charge is 2.22. The third kappa shape index (κ3) is 4.46. The summed E-state index contributed by atoms with van der Waals surface area (Å²) in [6.07, 6.45) is 4.27. The number of allylic oxidation sites excluding steroid dienone is 2. The van der Waals surface area contributed by atoms with Crippen LogP contribution in [-0.4, -0.2) is 16.2 Å². The van der Waals surface area contributed by atoms with Crippen molar-refractivity contribution in [2.45, 2.75) is 45.6 Å². The average molecular weight is 404 g/mol. The third-order valence-corrected chi connectivity index (χ3v) is 5.78. The molecule has 1 aliphatic carbocycles. The highest BCUT2D eigenvalue weighted by Crippen LogP contribution is 2.33. The van der Waals surface area contributed by atoms with Crippen molar-refractivity contribution in [2.24, 2.45) is 17.8 Å². The summed E-state index contributed by atoms with van der Waals surface area (Å²) in [4.78, 5) is 9.00. The first-order chi connectivity index (χ1) is 14.3. The molecule has 158 valence electrons. The monoisotopic (exact) mass is 403 g/mol. The van der Waals surface area contributed by atoms with Crippen LogP contribution in [0.25, 0.3) is 16.8 Å². The molecule has 1 atom stereocenters. The van der Waals surface area contributed by atoms with Gasteiger partial charge in [0.25, 0.3) is 0 Å². The molecule has 1 aromatic heterocycles. The van der Waals surface area contributed by atoms with Crippen LogP contribution in [0.3, 0.4) is 0 Å². The molecule has 1 aliphatic rings. The van der Waals surface area contributed by atoms with E-state index in [0.29, 0.717) is 5.62 Å². The second-order valence-electron chi connectivity index (χ2n) is 7.95. The molecule has 0 aliphatic heterocycles. The van der Waals surface area contributed by atoms with Gasteiger partial charge in [-0.1, -0.05) is 44.9 Å². The number of hydrogen-bond acceptors (Lipinski definition) is 4. The van der Waals surface area contributed by atoms with Crippen LogP contribution in [-0.2, 0) is 13.5 Å². The van der Waals surface area contributed by atoms with Crippen molar-refractivity contribution in [3.8, 4) is 0 Å². The van der Waals surface area contributed by atoms with Crippen molar-refractivity contribution in [3.63, 3.8) is 0 Å². The normalized spacial score (nSPS) is 16.1. The maximum absolute atomic E-state index is 5.64. The summed E-state index contributed by atoms with van der Waals surface area (Å²) < 4.78 is 1.91. The van der Waals surface area contributed by atoms with Crippen molar-refractivity contribution in [2.75, 3.05) is 6.67 Å². The van der Waals surface area contributed by atoms with Gasteiger partial charge in [-0.15, -0.1) is 0 Å². The largest absolute Gasteiger partial charge is 0.377 e. The number of benzene rings is 1. The molecule has 3 N–H and O–H groups in total. The summed E-state index contributed by atoms with van der Waals surface area (Å²) in [7, 11) is 1.92. The second-order valence-corrected chi connectivity index (χ2v) is 7.95. The molecule has 0 amide bonds. The minimum absolute atomic E-state index is 0.182. The van der Waals surface area contributed by atoms with E-state index in [0.717, 1.165) is 48.3 Å². The zero-order valence-corrected chi connectivity index (χ0v) is 18.5. The smallest absolute Gasteiger partial charge is 0.226 e. The average Bonchev–Trinajstić information content (AvgIpc) is 2.74. The van der Waals surface area contributed by atoms with Crippen molar-refractivity contribution >= 4 is 16.8 Å². The van der Waals surface area contributed by atoms with E-state index in [4.69, 9.17) is 5.73 Å². The molecule has 0 bridgehead atoms. The molecule has 30 heavy (non-hydrogen) atoms. The van der Waals surface area contributed by atoms with Crippen LogP contribution in [0.4, 0.5) is 0 Å². The van der Waals surface area contributed by atoms with E-state index in [2.05, 4.69) is 60.2 Å². The van der Waals surface area contributed by atoms with E-state index in [-0.39, 0.29) is 12.7 Å². The SMILES string of the molecule is C=C(CC)c1ccc2c(c1)CCC[C@@H]2NC(=C)c1cc(C(=C)C)n(C)/c(=N\CN)n1. The number of fused-ring (bicyclic) bond motifs is 1. The molecule has 0 saturated carbocycles. The summed E-state index contributed by atoms with van der Waals surface area (Å²) in [5, 5.41) is 3.62. The molecule has 5 nitrogen and oxygen atoms in total. The molecule has 0 saturated heterocycles. The number of aromatic nitrogens is 2. The molecular weight excluding hydrogens is 370 g/mol.